The van der Waals surface area contributed by atoms with Gasteiger partial charge >= 0.3 is 0 Å². The molecule has 39 heavy (non-hydrogen) atoms. The van der Waals surface area contributed by atoms with Gasteiger partial charge in [-0.15, -0.1) is 0 Å². The molecule has 0 aliphatic carbocycles. The molecule has 230 valence electrons. The van der Waals surface area contributed by atoms with Crippen molar-refractivity contribution in [1.82, 2.24) is 5.32 Å². The first-order valence-electron chi connectivity index (χ1n) is 12.4. The van der Waals surface area contributed by atoms with Crippen molar-refractivity contribution in [2.45, 2.75) is 33.4 Å². The molecule has 0 fully saturated rings. The van der Waals surface area contributed by atoms with Crippen LogP contribution in [-0.4, -0.2) is 107 Å². The van der Waals surface area contributed by atoms with Gasteiger partial charge in [-0.1, -0.05) is 46.4 Å². The molecule has 0 aromatic rings. The number of amides is 1. The summed E-state index contributed by atoms with van der Waals surface area (Å²) in [6.45, 7) is 30.6. The number of hydrogen-bond acceptors (Lipinski definition) is 3. The number of aliphatic carboxylic acids is 1. The molecule has 0 radical (unpaired) electrons. The number of hydrogen-bond donors (Lipinski definition) is 1. The van der Waals surface area contributed by atoms with E-state index in [0.717, 1.165) is 46.0 Å². The minimum Gasteiger partial charge on any atom is -1.00 e. The van der Waals surface area contributed by atoms with E-state index in [9.17, 15) is 14.7 Å². The van der Waals surface area contributed by atoms with Crippen molar-refractivity contribution in [2.75, 3.05) is 75.5 Å². The summed E-state index contributed by atoms with van der Waals surface area (Å²) in [6.07, 6.45) is 8.81. The molecule has 1 atom stereocenters. The summed E-state index contributed by atoms with van der Waals surface area (Å²) < 4.78 is 2.63. The van der Waals surface area contributed by atoms with Crippen LogP contribution in [0.1, 0.15) is 27.2 Å². The third-order valence-corrected chi connectivity index (χ3v) is 4.85. The van der Waals surface area contributed by atoms with Crippen LogP contribution in [0.15, 0.2) is 74.9 Å². The van der Waals surface area contributed by atoms with E-state index in [-0.39, 0.29) is 42.5 Å². The second kappa shape index (κ2) is 26.1. The SMILES string of the molecule is C=C(C)C(=O)NC(CC)[N+](C)(C)C.C=C(C)C(=O)[O-].C=CC[N+](C)(C)CC=C.C=CC[N+](C)(C)CC=C.[Cl-].[Cl-]. The Morgan fingerprint density at radius 1 is 0.718 bits per heavy atom. The third kappa shape index (κ3) is 35.8. The molecule has 9 heteroatoms. The number of halogens is 2. The molecule has 7 nitrogen and oxygen atoms in total. The highest BCUT2D eigenvalue weighted by atomic mass is 35.5. The monoisotopic (exact) mass is 592 g/mol. The maximum absolute atomic E-state index is 11.3. The van der Waals surface area contributed by atoms with Crippen LogP contribution in [0.3, 0.4) is 0 Å². The Balaban J connectivity index is -0.0000000946. The van der Waals surface area contributed by atoms with Gasteiger partial charge in [-0.05, 0) is 43.7 Å². The van der Waals surface area contributed by atoms with Gasteiger partial charge in [0.2, 0.25) is 0 Å². The van der Waals surface area contributed by atoms with Crippen LogP contribution >= 0.6 is 0 Å². The molecule has 0 saturated heterocycles. The van der Waals surface area contributed by atoms with E-state index < -0.39 is 5.97 Å². The number of nitrogens with zero attached hydrogens (tertiary/aromatic N) is 3. The first kappa shape index (κ1) is 49.8. The van der Waals surface area contributed by atoms with E-state index in [1.54, 1.807) is 6.92 Å². The van der Waals surface area contributed by atoms with Gasteiger partial charge in [-0.2, -0.15) is 0 Å². The van der Waals surface area contributed by atoms with Gasteiger partial charge in [0.25, 0.3) is 5.91 Å². The Bertz CT molecular complexity index is 692. The molecule has 0 rings (SSSR count). The van der Waals surface area contributed by atoms with Crippen LogP contribution in [-0.2, 0) is 9.59 Å². The molecule has 0 aliphatic rings. The van der Waals surface area contributed by atoms with Crippen LogP contribution < -0.4 is 35.2 Å². The fraction of sp³-hybridized carbons (Fsp3) is 0.533. The summed E-state index contributed by atoms with van der Waals surface area (Å²) in [5, 5.41) is 12.4. The number of likely N-dealkylation sites (N-methyl/N-ethyl adjacent to an activating group) is 2. The lowest BCUT2D eigenvalue weighted by atomic mass is 10.2. The molecule has 1 amide bonds. The maximum Gasteiger partial charge on any atom is 0.250 e. The number of quaternary nitrogens is 3. The summed E-state index contributed by atoms with van der Waals surface area (Å²) >= 11 is 0. The van der Waals surface area contributed by atoms with Crippen LogP contribution in [0, 0.1) is 0 Å². The van der Waals surface area contributed by atoms with Crippen LogP contribution in [0.2, 0.25) is 0 Å². The Morgan fingerprint density at radius 2 is 0.974 bits per heavy atom. The average molecular weight is 594 g/mol. The maximum atomic E-state index is 11.3. The van der Waals surface area contributed by atoms with Crippen LogP contribution in [0.5, 0.6) is 0 Å². The third-order valence-electron chi connectivity index (χ3n) is 4.85. The van der Waals surface area contributed by atoms with Gasteiger partial charge in [0.1, 0.15) is 0 Å². The molecule has 0 spiro atoms. The quantitative estimate of drug-likeness (QED) is 0.110. The molecule has 0 saturated carbocycles. The van der Waals surface area contributed by atoms with Crippen molar-refractivity contribution in [1.29, 1.82) is 0 Å². The predicted molar refractivity (Wildman–Crippen MR) is 159 cm³/mol. The van der Waals surface area contributed by atoms with E-state index in [1.165, 1.54) is 6.92 Å². The highest BCUT2D eigenvalue weighted by Crippen LogP contribution is 2.04. The molecule has 0 aromatic heterocycles. The minimum absolute atomic E-state index is 0. The lowest BCUT2D eigenvalue weighted by molar-refractivity contribution is -0.898. The largest absolute Gasteiger partial charge is 1.00 e. The number of carbonyl (C=O) groups excluding carboxylic acids is 2. The molecular formula is C30H58Cl2N4O3. The Morgan fingerprint density at radius 3 is 1.10 bits per heavy atom. The summed E-state index contributed by atoms with van der Waals surface area (Å²) in [5.74, 6) is -1.24. The lowest BCUT2D eigenvalue weighted by Crippen LogP contribution is -3.00. The highest BCUT2D eigenvalue weighted by Gasteiger charge is 2.23. The van der Waals surface area contributed by atoms with Crippen molar-refractivity contribution in [3.05, 3.63) is 74.9 Å². The van der Waals surface area contributed by atoms with Gasteiger partial charge in [-0.3, -0.25) is 4.79 Å². The molecule has 1 unspecified atom stereocenters. The second-order valence-corrected chi connectivity index (χ2v) is 11.1. The Kier molecular flexibility index (Phi) is 33.3. The number of carboxylic acid groups (broad SMARTS) is 1. The van der Waals surface area contributed by atoms with E-state index in [2.05, 4.69) is 101 Å². The van der Waals surface area contributed by atoms with Gasteiger partial charge < -0.3 is 53.5 Å². The number of nitrogens with one attached hydrogen (secondary N) is 1. The summed E-state index contributed by atoms with van der Waals surface area (Å²) in [6, 6.07) is 0. The predicted octanol–water partition coefficient (Wildman–Crippen LogP) is -2.69. The van der Waals surface area contributed by atoms with E-state index in [0.29, 0.717) is 5.57 Å². The second-order valence-electron chi connectivity index (χ2n) is 11.1. The number of carboxylic acids is 1. The summed E-state index contributed by atoms with van der Waals surface area (Å²) in [7, 11) is 14.8. The smallest absolute Gasteiger partial charge is 0.250 e. The van der Waals surface area contributed by atoms with Crippen molar-refractivity contribution < 1.29 is 53.0 Å². The standard InChI is InChI=1S/C10H20N2O.2C8H16N.C4H6O2.2ClH/c1-7-9(12(4,5)6)11-10(13)8(2)3;2*1-5-7-9(3,4)8-6-2;1-3(2)4(5)6;;/h9H,2,7H2,1,3-6H3;2*5-6H,1-2,7-8H2,3-4H3;1H2,2H3,(H,5,6);2*1H/q;2*+1;;;/p-2. The van der Waals surface area contributed by atoms with Crippen LogP contribution in [0.25, 0.3) is 0 Å². The van der Waals surface area contributed by atoms with Crippen LogP contribution in [0.4, 0.5) is 0 Å². The fourth-order valence-corrected chi connectivity index (χ4v) is 2.66. The Hall–Kier alpha value is -2.16. The summed E-state index contributed by atoms with van der Waals surface area (Å²) in [4.78, 5) is 20.8. The first-order valence-corrected chi connectivity index (χ1v) is 12.4. The zero-order valence-electron chi connectivity index (χ0n) is 26.5. The van der Waals surface area contributed by atoms with E-state index in [4.69, 9.17) is 0 Å². The Labute approximate surface area is 253 Å². The van der Waals surface area contributed by atoms with Crippen molar-refractivity contribution in [3.8, 4) is 0 Å². The van der Waals surface area contributed by atoms with Gasteiger partial charge in [0.15, 0.2) is 6.17 Å². The lowest BCUT2D eigenvalue weighted by Gasteiger charge is -2.33. The van der Waals surface area contributed by atoms with E-state index >= 15 is 0 Å². The summed E-state index contributed by atoms with van der Waals surface area (Å²) in [5.41, 5.74) is 0.627. The number of carbonyl (C=O) groups is 2. The van der Waals surface area contributed by atoms with Gasteiger partial charge in [0, 0.05) is 12.0 Å². The molecule has 0 aromatic carbocycles. The van der Waals surface area contributed by atoms with Crippen molar-refractivity contribution in [3.63, 3.8) is 0 Å². The van der Waals surface area contributed by atoms with Crippen molar-refractivity contribution >= 4 is 11.9 Å². The fourth-order valence-electron chi connectivity index (χ4n) is 2.66. The molecule has 0 heterocycles. The molecular weight excluding hydrogens is 535 g/mol. The first-order chi connectivity index (χ1) is 16.7. The molecule has 1 N–H and O–H groups in total. The van der Waals surface area contributed by atoms with E-state index in [1.807, 2.05) is 24.3 Å². The molecule has 0 aliphatic heterocycles. The topological polar surface area (TPSA) is 69.2 Å². The van der Waals surface area contributed by atoms with Gasteiger partial charge in [-0.25, -0.2) is 0 Å². The highest BCUT2D eigenvalue weighted by molar-refractivity contribution is 5.92. The normalized spacial score (nSPS) is 10.7. The zero-order chi connectivity index (χ0) is 30.5. The van der Waals surface area contributed by atoms with Crippen molar-refractivity contribution in [2.24, 2.45) is 0 Å². The average Bonchev–Trinajstić information content (AvgIpc) is 2.71. The minimum atomic E-state index is -1.19. The zero-order valence-corrected chi connectivity index (χ0v) is 28.0. The molecule has 0 bridgehead atoms. The number of rotatable bonds is 13. The van der Waals surface area contributed by atoms with Gasteiger partial charge in [0.05, 0.1) is 81.5 Å².